The molecule has 20 heavy (non-hydrogen) atoms. The van der Waals surface area contributed by atoms with Gasteiger partial charge in [-0.15, -0.1) is 0 Å². The van der Waals surface area contributed by atoms with Gasteiger partial charge in [-0.3, -0.25) is 0 Å². The molecule has 5 nitrogen and oxygen atoms in total. The number of fused-ring (bicyclic) bond motifs is 1. The highest BCUT2D eigenvalue weighted by atomic mass is 16.4. The van der Waals surface area contributed by atoms with E-state index in [-0.39, 0.29) is 17.6 Å². The van der Waals surface area contributed by atoms with Crippen LogP contribution in [0.15, 0.2) is 0 Å². The van der Waals surface area contributed by atoms with Gasteiger partial charge in [-0.25, -0.2) is 9.59 Å². The van der Waals surface area contributed by atoms with Crippen molar-refractivity contribution in [1.82, 2.24) is 10.2 Å². The number of piperidine rings is 1. The molecule has 3 atom stereocenters. The Balaban J connectivity index is 2.20. The second-order valence-corrected chi connectivity index (χ2v) is 7.13. The van der Waals surface area contributed by atoms with Gasteiger partial charge in [-0.2, -0.15) is 0 Å². The van der Waals surface area contributed by atoms with Crippen molar-refractivity contribution in [2.75, 3.05) is 0 Å². The maximum atomic E-state index is 12.5. The van der Waals surface area contributed by atoms with Crippen molar-refractivity contribution < 1.29 is 14.7 Å². The molecule has 0 aromatic rings. The summed E-state index contributed by atoms with van der Waals surface area (Å²) in [5, 5.41) is 12.4. The third-order valence-corrected chi connectivity index (χ3v) is 4.37. The Morgan fingerprint density at radius 1 is 1.10 bits per heavy atom. The molecule has 0 aromatic heterocycles. The van der Waals surface area contributed by atoms with Crippen molar-refractivity contribution >= 4 is 12.0 Å². The standard InChI is InChI=1S/C15H26N2O3/c1-15(2,3)16-14(20)17-11-7-5-4-6-10(11)8-9-12(17)13(18)19/h10-12H,4-9H2,1-3H3,(H,16,20)(H,18,19). The summed E-state index contributed by atoms with van der Waals surface area (Å²) in [5.41, 5.74) is -0.345. The highest BCUT2D eigenvalue weighted by Gasteiger charge is 2.44. The van der Waals surface area contributed by atoms with Crippen molar-refractivity contribution in [3.8, 4) is 0 Å². The van der Waals surface area contributed by atoms with Crippen molar-refractivity contribution in [1.29, 1.82) is 0 Å². The fourth-order valence-electron chi connectivity index (χ4n) is 3.55. The molecule has 2 fully saturated rings. The Hall–Kier alpha value is -1.26. The van der Waals surface area contributed by atoms with E-state index in [1.807, 2.05) is 20.8 Å². The summed E-state index contributed by atoms with van der Waals surface area (Å²) >= 11 is 0. The Morgan fingerprint density at radius 3 is 2.35 bits per heavy atom. The fraction of sp³-hybridized carbons (Fsp3) is 0.867. The second kappa shape index (κ2) is 5.62. The predicted octanol–water partition coefficient (Wildman–Crippen LogP) is 2.60. The van der Waals surface area contributed by atoms with Gasteiger partial charge >= 0.3 is 12.0 Å². The number of urea groups is 1. The third kappa shape index (κ3) is 3.25. The van der Waals surface area contributed by atoms with Gasteiger partial charge in [0.2, 0.25) is 0 Å². The lowest BCUT2D eigenvalue weighted by Crippen LogP contribution is -2.62. The van der Waals surface area contributed by atoms with Crippen molar-refractivity contribution in [3.05, 3.63) is 0 Å². The number of amides is 2. The fourth-order valence-corrected chi connectivity index (χ4v) is 3.55. The molecule has 1 aliphatic carbocycles. The molecule has 1 saturated heterocycles. The molecule has 1 saturated carbocycles. The SMILES string of the molecule is CC(C)(C)NC(=O)N1C(C(=O)O)CCC2CCCCC21. The molecular weight excluding hydrogens is 256 g/mol. The van der Waals surface area contributed by atoms with E-state index in [0.717, 1.165) is 25.7 Å². The number of aliphatic carboxylic acids is 1. The predicted molar refractivity (Wildman–Crippen MR) is 76.5 cm³/mol. The summed E-state index contributed by atoms with van der Waals surface area (Å²) in [6.45, 7) is 5.76. The first-order chi connectivity index (χ1) is 9.29. The monoisotopic (exact) mass is 282 g/mol. The third-order valence-electron chi connectivity index (χ3n) is 4.37. The lowest BCUT2D eigenvalue weighted by molar-refractivity contribution is -0.145. The molecule has 1 heterocycles. The lowest BCUT2D eigenvalue weighted by Gasteiger charge is -2.47. The summed E-state index contributed by atoms with van der Waals surface area (Å²) in [5.74, 6) is -0.400. The minimum Gasteiger partial charge on any atom is -0.480 e. The van der Waals surface area contributed by atoms with Crippen LogP contribution < -0.4 is 5.32 Å². The lowest BCUT2D eigenvalue weighted by atomic mass is 9.76. The molecule has 2 rings (SSSR count). The molecule has 3 unspecified atom stereocenters. The Labute approximate surface area is 120 Å². The summed E-state index contributed by atoms with van der Waals surface area (Å²) in [4.78, 5) is 25.6. The summed E-state index contributed by atoms with van der Waals surface area (Å²) in [6, 6.07) is -0.792. The zero-order valence-corrected chi connectivity index (χ0v) is 12.7. The molecule has 0 bridgehead atoms. The van der Waals surface area contributed by atoms with E-state index >= 15 is 0 Å². The first-order valence-corrected chi connectivity index (χ1v) is 7.63. The van der Waals surface area contributed by atoms with Crippen molar-refractivity contribution in [2.45, 2.75) is 76.9 Å². The summed E-state index contributed by atoms with van der Waals surface area (Å²) in [6.07, 6.45) is 5.86. The number of hydrogen-bond acceptors (Lipinski definition) is 2. The van der Waals surface area contributed by atoms with Crippen LogP contribution in [0.2, 0.25) is 0 Å². The van der Waals surface area contributed by atoms with E-state index in [1.165, 1.54) is 6.42 Å². The molecular formula is C15H26N2O3. The number of likely N-dealkylation sites (tertiary alicyclic amines) is 1. The van der Waals surface area contributed by atoms with Gasteiger partial charge in [0.1, 0.15) is 6.04 Å². The van der Waals surface area contributed by atoms with Crippen LogP contribution in [0.5, 0.6) is 0 Å². The number of rotatable bonds is 1. The van der Waals surface area contributed by atoms with E-state index in [0.29, 0.717) is 12.3 Å². The number of nitrogens with zero attached hydrogens (tertiary/aromatic N) is 1. The number of nitrogens with one attached hydrogen (secondary N) is 1. The van der Waals surface area contributed by atoms with E-state index in [4.69, 9.17) is 0 Å². The average molecular weight is 282 g/mol. The average Bonchev–Trinajstić information content (AvgIpc) is 2.35. The smallest absolute Gasteiger partial charge is 0.326 e. The zero-order chi connectivity index (χ0) is 14.9. The minimum atomic E-state index is -0.877. The largest absolute Gasteiger partial charge is 0.480 e. The van der Waals surface area contributed by atoms with Crippen LogP contribution in [-0.4, -0.2) is 39.6 Å². The van der Waals surface area contributed by atoms with Gasteiger partial charge in [0.15, 0.2) is 0 Å². The molecule has 0 spiro atoms. The quantitative estimate of drug-likeness (QED) is 0.776. The molecule has 0 aromatic carbocycles. The number of carbonyl (C=O) groups excluding carboxylic acids is 1. The Morgan fingerprint density at radius 2 is 1.75 bits per heavy atom. The topological polar surface area (TPSA) is 69.6 Å². The van der Waals surface area contributed by atoms with Crippen LogP contribution in [0.4, 0.5) is 4.79 Å². The molecule has 2 N–H and O–H groups in total. The van der Waals surface area contributed by atoms with Gasteiger partial charge in [0.25, 0.3) is 0 Å². The number of carboxylic acid groups (broad SMARTS) is 1. The Bertz CT molecular complexity index is 389. The molecule has 114 valence electrons. The number of hydrogen-bond donors (Lipinski definition) is 2. The van der Waals surface area contributed by atoms with Gasteiger partial charge in [-0.1, -0.05) is 12.8 Å². The molecule has 2 amide bonds. The van der Waals surface area contributed by atoms with Crippen LogP contribution in [0.25, 0.3) is 0 Å². The van der Waals surface area contributed by atoms with E-state index < -0.39 is 12.0 Å². The molecule has 5 heteroatoms. The summed E-state index contributed by atoms with van der Waals surface area (Å²) in [7, 11) is 0. The van der Waals surface area contributed by atoms with Crippen LogP contribution in [0, 0.1) is 5.92 Å². The highest BCUT2D eigenvalue weighted by Crippen LogP contribution is 2.38. The van der Waals surface area contributed by atoms with Gasteiger partial charge in [0.05, 0.1) is 0 Å². The van der Waals surface area contributed by atoms with Crippen LogP contribution in [0.3, 0.4) is 0 Å². The molecule has 0 radical (unpaired) electrons. The van der Waals surface area contributed by atoms with E-state index in [1.54, 1.807) is 4.90 Å². The van der Waals surface area contributed by atoms with Gasteiger partial charge in [-0.05, 0) is 52.4 Å². The first-order valence-electron chi connectivity index (χ1n) is 7.63. The first kappa shape index (κ1) is 15.1. The highest BCUT2D eigenvalue weighted by molar-refractivity contribution is 5.83. The Kier molecular flexibility index (Phi) is 4.25. The maximum absolute atomic E-state index is 12.5. The molecule has 2 aliphatic rings. The van der Waals surface area contributed by atoms with Crippen LogP contribution in [0.1, 0.15) is 59.3 Å². The number of carbonyl (C=O) groups is 2. The van der Waals surface area contributed by atoms with Crippen LogP contribution >= 0.6 is 0 Å². The van der Waals surface area contributed by atoms with Gasteiger partial charge in [0, 0.05) is 11.6 Å². The van der Waals surface area contributed by atoms with Crippen LogP contribution in [-0.2, 0) is 4.79 Å². The van der Waals surface area contributed by atoms with Crippen molar-refractivity contribution in [3.63, 3.8) is 0 Å². The minimum absolute atomic E-state index is 0.0981. The summed E-state index contributed by atoms with van der Waals surface area (Å²) < 4.78 is 0. The van der Waals surface area contributed by atoms with Crippen molar-refractivity contribution in [2.24, 2.45) is 5.92 Å². The molecule has 1 aliphatic heterocycles. The second-order valence-electron chi connectivity index (χ2n) is 7.13. The normalized spacial score (nSPS) is 30.6. The number of carboxylic acids is 1. The maximum Gasteiger partial charge on any atom is 0.326 e. The van der Waals surface area contributed by atoms with Gasteiger partial charge < -0.3 is 15.3 Å². The van der Waals surface area contributed by atoms with E-state index in [2.05, 4.69) is 5.32 Å². The van der Waals surface area contributed by atoms with E-state index in [9.17, 15) is 14.7 Å². The zero-order valence-electron chi connectivity index (χ0n) is 12.7.